The number of methoxy groups -OCH3 is 2. The van der Waals surface area contributed by atoms with E-state index in [1.807, 2.05) is 18.2 Å². The molecule has 0 saturated carbocycles. The minimum absolute atomic E-state index is 0.0396. The second-order valence-electron chi connectivity index (χ2n) is 6.14. The van der Waals surface area contributed by atoms with Gasteiger partial charge >= 0.3 is 0 Å². The van der Waals surface area contributed by atoms with E-state index >= 15 is 0 Å². The molecule has 1 saturated heterocycles. The number of carbonyl (C=O) groups excluding carboxylic acids is 2. The second kappa shape index (κ2) is 8.44. The Morgan fingerprint density at radius 1 is 1.07 bits per heavy atom. The van der Waals surface area contributed by atoms with Crippen LogP contribution < -0.4 is 24.4 Å². The summed E-state index contributed by atoms with van der Waals surface area (Å²) in [6.07, 6.45) is 0.252. The molecule has 1 N–H and O–H groups in total. The molecule has 1 heterocycles. The van der Waals surface area contributed by atoms with Crippen LogP contribution in [-0.4, -0.2) is 45.2 Å². The van der Waals surface area contributed by atoms with Crippen LogP contribution in [0.2, 0.25) is 0 Å². The summed E-state index contributed by atoms with van der Waals surface area (Å²) < 4.78 is 15.8. The Hall–Kier alpha value is -3.22. The fraction of sp³-hybridized carbons (Fsp3) is 0.300. The molecule has 3 rings (SSSR count). The molecule has 2 amide bonds. The first-order valence-electron chi connectivity index (χ1n) is 8.59. The SMILES string of the molecule is COc1cccc(OCC(=O)N[C@@H]2CC(=O)N(c3cccc(OC)c3)C2)c1. The zero-order chi connectivity index (χ0) is 19.2. The van der Waals surface area contributed by atoms with Gasteiger partial charge in [0.15, 0.2) is 6.61 Å². The number of anilines is 1. The highest BCUT2D eigenvalue weighted by molar-refractivity contribution is 5.97. The maximum absolute atomic E-state index is 12.3. The average Bonchev–Trinajstić information content (AvgIpc) is 3.06. The maximum atomic E-state index is 12.3. The smallest absolute Gasteiger partial charge is 0.258 e. The largest absolute Gasteiger partial charge is 0.497 e. The Morgan fingerprint density at radius 3 is 2.48 bits per heavy atom. The molecule has 27 heavy (non-hydrogen) atoms. The van der Waals surface area contributed by atoms with Gasteiger partial charge in [0, 0.05) is 30.8 Å². The molecule has 142 valence electrons. The predicted molar refractivity (Wildman–Crippen MR) is 100 cm³/mol. The molecule has 1 atom stereocenters. The van der Waals surface area contributed by atoms with Gasteiger partial charge in [-0.25, -0.2) is 0 Å². The van der Waals surface area contributed by atoms with Gasteiger partial charge in [-0.05, 0) is 24.3 Å². The maximum Gasteiger partial charge on any atom is 0.258 e. The van der Waals surface area contributed by atoms with Gasteiger partial charge in [-0.15, -0.1) is 0 Å². The van der Waals surface area contributed by atoms with Gasteiger partial charge in [0.05, 0.1) is 20.3 Å². The normalized spacial score (nSPS) is 16.1. The van der Waals surface area contributed by atoms with E-state index in [1.165, 1.54) is 0 Å². The van der Waals surface area contributed by atoms with Crippen LogP contribution in [0, 0.1) is 0 Å². The summed E-state index contributed by atoms with van der Waals surface area (Å²) in [6.45, 7) is 0.286. The third-order valence-electron chi connectivity index (χ3n) is 4.27. The predicted octanol–water partition coefficient (Wildman–Crippen LogP) is 2.00. The van der Waals surface area contributed by atoms with Gasteiger partial charge in [-0.3, -0.25) is 9.59 Å². The number of rotatable bonds is 7. The highest BCUT2D eigenvalue weighted by Gasteiger charge is 2.31. The quantitative estimate of drug-likeness (QED) is 0.807. The molecule has 0 aromatic heterocycles. The van der Waals surface area contributed by atoms with Crippen LogP contribution in [0.4, 0.5) is 5.69 Å². The summed E-state index contributed by atoms with van der Waals surface area (Å²) in [5, 5.41) is 2.85. The van der Waals surface area contributed by atoms with Gasteiger partial charge in [-0.2, -0.15) is 0 Å². The van der Waals surface area contributed by atoms with E-state index in [0.717, 1.165) is 5.69 Å². The molecule has 0 radical (unpaired) electrons. The van der Waals surface area contributed by atoms with Gasteiger partial charge in [-0.1, -0.05) is 12.1 Å². The van der Waals surface area contributed by atoms with Gasteiger partial charge in [0.2, 0.25) is 5.91 Å². The van der Waals surface area contributed by atoms with E-state index < -0.39 is 0 Å². The lowest BCUT2D eigenvalue weighted by Gasteiger charge is -2.18. The molecular formula is C20H22N2O5. The van der Waals surface area contributed by atoms with Crippen molar-refractivity contribution in [2.45, 2.75) is 12.5 Å². The third-order valence-corrected chi connectivity index (χ3v) is 4.27. The van der Waals surface area contributed by atoms with Gasteiger partial charge in [0.1, 0.15) is 17.2 Å². The zero-order valence-electron chi connectivity index (χ0n) is 15.3. The van der Waals surface area contributed by atoms with Gasteiger partial charge < -0.3 is 24.4 Å². The number of nitrogens with one attached hydrogen (secondary N) is 1. The van der Waals surface area contributed by atoms with Crippen molar-refractivity contribution >= 4 is 17.5 Å². The first kappa shape index (κ1) is 18.6. The Labute approximate surface area is 157 Å². The molecule has 1 aliphatic heterocycles. The number of carbonyl (C=O) groups is 2. The molecule has 7 nitrogen and oxygen atoms in total. The summed E-state index contributed by atoms with van der Waals surface area (Å²) in [5.74, 6) is 1.57. The van der Waals surface area contributed by atoms with Crippen molar-refractivity contribution in [3.05, 3.63) is 48.5 Å². The van der Waals surface area contributed by atoms with E-state index in [-0.39, 0.29) is 30.9 Å². The van der Waals surface area contributed by atoms with Crippen LogP contribution in [0.15, 0.2) is 48.5 Å². The van der Waals surface area contributed by atoms with Crippen LogP contribution in [0.3, 0.4) is 0 Å². The summed E-state index contributed by atoms with van der Waals surface area (Å²) in [7, 11) is 3.15. The number of hydrogen-bond donors (Lipinski definition) is 1. The average molecular weight is 370 g/mol. The molecule has 0 unspecified atom stereocenters. The molecule has 1 aliphatic rings. The molecule has 7 heteroatoms. The topological polar surface area (TPSA) is 77.1 Å². The second-order valence-corrected chi connectivity index (χ2v) is 6.14. The molecule has 0 spiro atoms. The zero-order valence-corrected chi connectivity index (χ0v) is 15.3. The molecular weight excluding hydrogens is 348 g/mol. The highest BCUT2D eigenvalue weighted by Crippen LogP contribution is 2.25. The number of amides is 2. The van der Waals surface area contributed by atoms with Crippen LogP contribution in [-0.2, 0) is 9.59 Å². The Balaban J connectivity index is 1.53. The minimum atomic E-state index is -0.275. The molecule has 2 aromatic rings. The van der Waals surface area contributed by atoms with E-state index in [4.69, 9.17) is 14.2 Å². The number of benzene rings is 2. The van der Waals surface area contributed by atoms with Crippen LogP contribution in [0.1, 0.15) is 6.42 Å². The lowest BCUT2D eigenvalue weighted by molar-refractivity contribution is -0.123. The molecule has 2 aromatic carbocycles. The Kier molecular flexibility index (Phi) is 5.80. The summed E-state index contributed by atoms with van der Waals surface area (Å²) in [6, 6.07) is 14.1. The van der Waals surface area contributed by atoms with Crippen molar-refractivity contribution in [3.63, 3.8) is 0 Å². The van der Waals surface area contributed by atoms with Crippen LogP contribution in [0.25, 0.3) is 0 Å². The Bertz CT molecular complexity index is 824. The lowest BCUT2D eigenvalue weighted by Crippen LogP contribution is -2.39. The van der Waals surface area contributed by atoms with Crippen molar-refractivity contribution in [1.29, 1.82) is 0 Å². The standard InChI is InChI=1S/C20H22N2O5/c1-25-16-6-3-5-15(10-16)22-12-14(9-20(22)24)21-19(23)13-27-18-8-4-7-17(11-18)26-2/h3-8,10-11,14H,9,12-13H2,1-2H3,(H,21,23)/t14-/m1/s1. The van der Waals surface area contributed by atoms with Crippen LogP contribution in [0.5, 0.6) is 17.2 Å². The van der Waals surface area contributed by atoms with E-state index in [9.17, 15) is 9.59 Å². The van der Waals surface area contributed by atoms with E-state index in [0.29, 0.717) is 23.8 Å². The van der Waals surface area contributed by atoms with E-state index in [1.54, 1.807) is 49.5 Å². The Morgan fingerprint density at radius 2 is 1.74 bits per heavy atom. The van der Waals surface area contributed by atoms with Crippen molar-refractivity contribution in [2.75, 3.05) is 32.3 Å². The van der Waals surface area contributed by atoms with Crippen molar-refractivity contribution in [2.24, 2.45) is 0 Å². The van der Waals surface area contributed by atoms with Crippen molar-refractivity contribution < 1.29 is 23.8 Å². The number of ether oxygens (including phenoxy) is 3. The van der Waals surface area contributed by atoms with Gasteiger partial charge in [0.25, 0.3) is 5.91 Å². The fourth-order valence-electron chi connectivity index (χ4n) is 2.94. The van der Waals surface area contributed by atoms with Crippen molar-refractivity contribution in [1.82, 2.24) is 5.32 Å². The fourth-order valence-corrected chi connectivity index (χ4v) is 2.94. The third kappa shape index (κ3) is 4.69. The summed E-state index contributed by atoms with van der Waals surface area (Å²) >= 11 is 0. The first-order valence-corrected chi connectivity index (χ1v) is 8.59. The molecule has 0 bridgehead atoms. The number of hydrogen-bond acceptors (Lipinski definition) is 5. The monoisotopic (exact) mass is 370 g/mol. The van der Waals surface area contributed by atoms with E-state index in [2.05, 4.69) is 5.32 Å². The number of nitrogens with zero attached hydrogens (tertiary/aromatic N) is 1. The molecule has 1 fully saturated rings. The highest BCUT2D eigenvalue weighted by atomic mass is 16.5. The molecule has 0 aliphatic carbocycles. The first-order chi connectivity index (χ1) is 13.1. The minimum Gasteiger partial charge on any atom is -0.497 e. The summed E-state index contributed by atoms with van der Waals surface area (Å²) in [5.41, 5.74) is 0.753. The summed E-state index contributed by atoms with van der Waals surface area (Å²) in [4.78, 5) is 26.1. The lowest BCUT2D eigenvalue weighted by atomic mass is 10.2. The van der Waals surface area contributed by atoms with Crippen molar-refractivity contribution in [3.8, 4) is 17.2 Å². The van der Waals surface area contributed by atoms with Crippen LogP contribution >= 0.6 is 0 Å².